The summed E-state index contributed by atoms with van der Waals surface area (Å²) in [4.78, 5) is 27.5. The van der Waals surface area contributed by atoms with E-state index in [4.69, 9.17) is 4.42 Å². The highest BCUT2D eigenvalue weighted by molar-refractivity contribution is 5.93. The second-order valence-electron chi connectivity index (χ2n) is 5.39. The van der Waals surface area contributed by atoms with E-state index in [9.17, 15) is 9.59 Å². The lowest BCUT2D eigenvalue weighted by Gasteiger charge is -2.07. The van der Waals surface area contributed by atoms with Gasteiger partial charge in [-0.25, -0.2) is 4.98 Å². The minimum absolute atomic E-state index is 0.141. The highest BCUT2D eigenvalue weighted by Crippen LogP contribution is 2.17. The van der Waals surface area contributed by atoms with Gasteiger partial charge in [-0.05, 0) is 30.3 Å². The van der Waals surface area contributed by atoms with Crippen LogP contribution in [0, 0.1) is 0 Å². The minimum Gasteiger partial charge on any atom is -0.441 e. The van der Waals surface area contributed by atoms with E-state index in [-0.39, 0.29) is 18.2 Å². The fourth-order valence-corrected chi connectivity index (χ4v) is 2.35. The van der Waals surface area contributed by atoms with Gasteiger partial charge >= 0.3 is 0 Å². The van der Waals surface area contributed by atoms with Crippen LogP contribution in [0.1, 0.15) is 19.2 Å². The molecule has 0 unspecified atom stereocenters. The van der Waals surface area contributed by atoms with Crippen LogP contribution in [0.25, 0.3) is 11.1 Å². The Morgan fingerprint density at radius 2 is 1.79 bits per heavy atom. The van der Waals surface area contributed by atoms with Gasteiger partial charge < -0.3 is 15.1 Å². The molecule has 0 atom stereocenters. The largest absolute Gasteiger partial charge is 0.441 e. The zero-order valence-corrected chi connectivity index (χ0v) is 13.2. The van der Waals surface area contributed by atoms with Gasteiger partial charge in [-0.1, -0.05) is 18.2 Å². The van der Waals surface area contributed by atoms with E-state index in [0.29, 0.717) is 23.7 Å². The van der Waals surface area contributed by atoms with Crippen LogP contribution in [0.4, 0.5) is 11.4 Å². The quantitative estimate of drug-likeness (QED) is 0.754. The minimum atomic E-state index is -0.158. The fraction of sp³-hybridized carbons (Fsp3) is 0.167. The van der Waals surface area contributed by atoms with Crippen molar-refractivity contribution in [2.24, 2.45) is 0 Å². The highest BCUT2D eigenvalue weighted by Gasteiger charge is 2.09. The molecule has 24 heavy (non-hydrogen) atoms. The van der Waals surface area contributed by atoms with E-state index in [2.05, 4.69) is 15.6 Å². The molecule has 2 N–H and O–H groups in total. The predicted molar refractivity (Wildman–Crippen MR) is 91.7 cm³/mol. The van der Waals surface area contributed by atoms with Gasteiger partial charge in [0, 0.05) is 31.1 Å². The molecule has 0 radical (unpaired) electrons. The number of rotatable bonds is 5. The number of aryl methyl sites for hydroxylation is 1. The molecule has 0 fully saturated rings. The monoisotopic (exact) mass is 323 g/mol. The number of anilines is 2. The van der Waals surface area contributed by atoms with Crippen LogP contribution >= 0.6 is 0 Å². The third-order valence-corrected chi connectivity index (χ3v) is 3.37. The van der Waals surface area contributed by atoms with Crippen molar-refractivity contribution in [1.82, 2.24) is 4.98 Å². The summed E-state index contributed by atoms with van der Waals surface area (Å²) in [6, 6.07) is 14.5. The van der Waals surface area contributed by atoms with Crippen molar-refractivity contribution in [3.63, 3.8) is 0 Å². The Labute approximate surface area is 138 Å². The number of nitrogens with one attached hydrogen (secondary N) is 2. The van der Waals surface area contributed by atoms with Crippen molar-refractivity contribution in [3.05, 3.63) is 54.4 Å². The number of carbonyl (C=O) groups excluding carboxylic acids is 2. The Kier molecular flexibility index (Phi) is 4.56. The first-order valence-corrected chi connectivity index (χ1v) is 7.62. The molecule has 3 rings (SSSR count). The average Bonchev–Trinajstić information content (AvgIpc) is 2.95. The Bertz CT molecular complexity index is 853. The third kappa shape index (κ3) is 3.98. The van der Waals surface area contributed by atoms with E-state index in [1.807, 2.05) is 24.3 Å². The van der Waals surface area contributed by atoms with Gasteiger partial charge in [0.2, 0.25) is 11.8 Å². The van der Waals surface area contributed by atoms with Gasteiger partial charge in [0.05, 0.1) is 0 Å². The standard InChI is InChI=1S/C18H17N3O3/c1-12(22)19-13-5-4-6-14(11-13)20-17(23)9-10-18-21-15-7-2-3-8-16(15)24-18/h2-8,11H,9-10H2,1H3,(H,19,22)(H,20,23). The maximum atomic E-state index is 12.1. The van der Waals surface area contributed by atoms with Gasteiger partial charge in [-0.3, -0.25) is 9.59 Å². The van der Waals surface area contributed by atoms with Crippen molar-refractivity contribution < 1.29 is 14.0 Å². The number of hydrogen-bond donors (Lipinski definition) is 2. The topological polar surface area (TPSA) is 84.2 Å². The molecule has 0 aliphatic rings. The Hall–Kier alpha value is -3.15. The molecule has 6 heteroatoms. The lowest BCUT2D eigenvalue weighted by molar-refractivity contribution is -0.116. The summed E-state index contributed by atoms with van der Waals surface area (Å²) < 4.78 is 5.59. The van der Waals surface area contributed by atoms with Gasteiger partial charge in [0.1, 0.15) is 5.52 Å². The molecule has 122 valence electrons. The van der Waals surface area contributed by atoms with Gasteiger partial charge in [0.15, 0.2) is 11.5 Å². The SMILES string of the molecule is CC(=O)Nc1cccc(NC(=O)CCc2nc3ccccc3o2)c1. The third-order valence-electron chi connectivity index (χ3n) is 3.37. The summed E-state index contributed by atoms with van der Waals surface area (Å²) in [6.07, 6.45) is 0.684. The van der Waals surface area contributed by atoms with Crippen LogP contribution in [0.3, 0.4) is 0 Å². The Morgan fingerprint density at radius 3 is 2.54 bits per heavy atom. The molecule has 6 nitrogen and oxygen atoms in total. The summed E-state index contributed by atoms with van der Waals surface area (Å²) in [5, 5.41) is 5.48. The van der Waals surface area contributed by atoms with Gasteiger partial charge in [-0.15, -0.1) is 0 Å². The molecule has 0 bridgehead atoms. The molecule has 0 saturated heterocycles. The second kappa shape index (κ2) is 6.95. The van der Waals surface area contributed by atoms with Crippen LogP contribution < -0.4 is 10.6 Å². The number of nitrogens with zero attached hydrogens (tertiary/aromatic N) is 1. The predicted octanol–water partition coefficient (Wildman–Crippen LogP) is 3.36. The summed E-state index contributed by atoms with van der Waals surface area (Å²) in [5.41, 5.74) is 2.77. The number of carbonyl (C=O) groups is 2. The lowest BCUT2D eigenvalue weighted by atomic mass is 10.2. The summed E-state index contributed by atoms with van der Waals surface area (Å²) in [7, 11) is 0. The number of fused-ring (bicyclic) bond motifs is 1. The van der Waals surface area contributed by atoms with Gasteiger partial charge in [0.25, 0.3) is 0 Å². The zero-order valence-electron chi connectivity index (χ0n) is 13.2. The number of hydrogen-bond acceptors (Lipinski definition) is 4. The normalized spacial score (nSPS) is 10.5. The number of benzene rings is 2. The molecule has 0 saturated carbocycles. The van der Waals surface area contributed by atoms with Crippen molar-refractivity contribution in [1.29, 1.82) is 0 Å². The maximum absolute atomic E-state index is 12.1. The molecular weight excluding hydrogens is 306 g/mol. The van der Waals surface area contributed by atoms with E-state index in [1.54, 1.807) is 24.3 Å². The van der Waals surface area contributed by atoms with Crippen LogP contribution in [0.5, 0.6) is 0 Å². The number of para-hydroxylation sites is 2. The first-order chi connectivity index (χ1) is 11.6. The van der Waals surface area contributed by atoms with Crippen LogP contribution in [0.15, 0.2) is 52.9 Å². The Morgan fingerprint density at radius 1 is 1.04 bits per heavy atom. The molecule has 2 aromatic carbocycles. The molecular formula is C18H17N3O3. The van der Waals surface area contributed by atoms with Crippen LogP contribution in [-0.4, -0.2) is 16.8 Å². The lowest BCUT2D eigenvalue weighted by Crippen LogP contribution is -2.13. The number of oxazole rings is 1. The number of aromatic nitrogens is 1. The molecule has 2 amide bonds. The molecule has 3 aromatic rings. The van der Waals surface area contributed by atoms with Crippen molar-refractivity contribution in [2.75, 3.05) is 10.6 Å². The van der Waals surface area contributed by atoms with E-state index >= 15 is 0 Å². The smallest absolute Gasteiger partial charge is 0.224 e. The molecule has 1 heterocycles. The Balaban J connectivity index is 1.58. The second-order valence-corrected chi connectivity index (χ2v) is 5.39. The van der Waals surface area contributed by atoms with Crippen molar-refractivity contribution >= 4 is 34.3 Å². The summed E-state index contributed by atoms with van der Waals surface area (Å²) in [6.45, 7) is 1.44. The first kappa shape index (κ1) is 15.7. The van der Waals surface area contributed by atoms with E-state index in [1.165, 1.54) is 6.92 Å². The van der Waals surface area contributed by atoms with Gasteiger partial charge in [-0.2, -0.15) is 0 Å². The van der Waals surface area contributed by atoms with Crippen LogP contribution in [0.2, 0.25) is 0 Å². The van der Waals surface area contributed by atoms with E-state index < -0.39 is 0 Å². The molecule has 1 aromatic heterocycles. The molecule has 0 aliphatic heterocycles. The van der Waals surface area contributed by atoms with Crippen LogP contribution in [-0.2, 0) is 16.0 Å². The average molecular weight is 323 g/mol. The zero-order chi connectivity index (χ0) is 16.9. The number of amides is 2. The van der Waals surface area contributed by atoms with Crippen molar-refractivity contribution in [3.8, 4) is 0 Å². The summed E-state index contributed by atoms with van der Waals surface area (Å²) >= 11 is 0. The molecule has 0 aliphatic carbocycles. The summed E-state index contributed by atoms with van der Waals surface area (Å²) in [5.74, 6) is 0.241. The maximum Gasteiger partial charge on any atom is 0.224 e. The van der Waals surface area contributed by atoms with E-state index in [0.717, 1.165) is 11.1 Å². The van der Waals surface area contributed by atoms with Crippen molar-refractivity contribution in [2.45, 2.75) is 19.8 Å². The fourth-order valence-electron chi connectivity index (χ4n) is 2.35. The first-order valence-electron chi connectivity index (χ1n) is 7.62. The molecule has 0 spiro atoms. The highest BCUT2D eigenvalue weighted by atomic mass is 16.3.